The molecule has 0 spiro atoms. The van der Waals surface area contributed by atoms with Crippen molar-refractivity contribution in [3.63, 3.8) is 0 Å². The monoisotopic (exact) mass is 493 g/mol. The number of amides is 1. The van der Waals surface area contributed by atoms with Crippen LogP contribution in [0.25, 0.3) is 21.9 Å². The molecule has 2 unspecified atom stereocenters. The molecule has 1 saturated heterocycles. The van der Waals surface area contributed by atoms with Crippen LogP contribution in [0.1, 0.15) is 49.2 Å². The number of fused-ring (bicyclic) bond motifs is 3. The van der Waals surface area contributed by atoms with E-state index < -0.39 is 23.9 Å². The minimum absolute atomic E-state index is 0.0127. The fraction of sp³-hybridized carbons (Fsp3) is 0.500. The minimum Gasteiger partial charge on any atom is -0.456 e. The first kappa shape index (κ1) is 25.4. The van der Waals surface area contributed by atoms with Gasteiger partial charge < -0.3 is 14.2 Å². The fourth-order valence-electron chi connectivity index (χ4n) is 4.75. The van der Waals surface area contributed by atoms with Crippen molar-refractivity contribution < 1.29 is 26.8 Å². The van der Waals surface area contributed by atoms with Gasteiger partial charge in [0.15, 0.2) is 0 Å². The fourth-order valence-corrected chi connectivity index (χ4v) is 4.75. The van der Waals surface area contributed by atoms with Gasteiger partial charge in [0.1, 0.15) is 22.9 Å². The lowest BCUT2D eigenvalue weighted by molar-refractivity contribution is -0.160. The Hall–Kier alpha value is -2.65. The van der Waals surface area contributed by atoms with Gasteiger partial charge >= 0.3 is 6.18 Å². The van der Waals surface area contributed by atoms with Crippen LogP contribution in [-0.4, -0.2) is 66.8 Å². The average Bonchev–Trinajstić information content (AvgIpc) is 3.12. The van der Waals surface area contributed by atoms with Gasteiger partial charge in [-0.3, -0.25) is 10.1 Å². The molecule has 5 nitrogen and oxygen atoms in total. The first-order valence-corrected chi connectivity index (χ1v) is 11.8. The highest BCUT2D eigenvalue weighted by molar-refractivity contribution is 6.08. The molecule has 1 aromatic heterocycles. The Bertz CT molecular complexity index is 1210. The zero-order chi connectivity index (χ0) is 25.5. The summed E-state index contributed by atoms with van der Waals surface area (Å²) in [6, 6.07) is 6.82. The maximum atomic E-state index is 14.0. The Morgan fingerprint density at radius 3 is 2.31 bits per heavy atom. The van der Waals surface area contributed by atoms with E-state index in [2.05, 4.69) is 10.2 Å². The molecule has 1 aliphatic rings. The summed E-state index contributed by atoms with van der Waals surface area (Å²) in [5, 5.41) is 3.84. The van der Waals surface area contributed by atoms with E-state index in [1.807, 2.05) is 7.05 Å². The van der Waals surface area contributed by atoms with Crippen molar-refractivity contribution in [2.24, 2.45) is 0 Å². The normalized spacial score (nSPS) is 17.8. The van der Waals surface area contributed by atoms with Crippen molar-refractivity contribution in [1.29, 1.82) is 0 Å². The van der Waals surface area contributed by atoms with Gasteiger partial charge in [-0.1, -0.05) is 12.1 Å². The third kappa shape index (κ3) is 5.78. The molecule has 1 aliphatic heterocycles. The number of carbonyl (C=O) groups is 1. The molecule has 0 aliphatic carbocycles. The second-order valence-electron chi connectivity index (χ2n) is 10.1. The largest absolute Gasteiger partial charge is 0.456 e. The van der Waals surface area contributed by atoms with Gasteiger partial charge in [-0.15, -0.1) is 0 Å². The average molecular weight is 494 g/mol. The molecule has 0 radical (unpaired) electrons. The number of rotatable bonds is 6. The second kappa shape index (κ2) is 9.43. The zero-order valence-corrected chi connectivity index (χ0v) is 20.4. The lowest BCUT2D eigenvalue weighted by Gasteiger charge is -2.32. The number of halogens is 4. The third-order valence-electron chi connectivity index (χ3n) is 6.44. The van der Waals surface area contributed by atoms with Gasteiger partial charge in [-0.2, -0.15) is 13.2 Å². The van der Waals surface area contributed by atoms with E-state index in [1.165, 1.54) is 26.0 Å². The summed E-state index contributed by atoms with van der Waals surface area (Å²) in [5.74, 6) is -0.0721. The standard InChI is InChI=1S/C26H31F4N3O2/c1-16(15-25(2,3)27)31-23(26(28,29)30)17-5-7-19-20-13-18(6-8-21(20)35-22(19)14-17)24(34)33-11-9-32(4)10-12-33/h5-8,13-14,16,23,31H,9-12,15H2,1-4H3. The van der Waals surface area contributed by atoms with Crippen molar-refractivity contribution in [2.45, 2.75) is 51.1 Å². The van der Waals surface area contributed by atoms with Gasteiger partial charge in [0, 0.05) is 48.6 Å². The van der Waals surface area contributed by atoms with Crippen molar-refractivity contribution >= 4 is 27.8 Å². The van der Waals surface area contributed by atoms with Crippen LogP contribution in [0.5, 0.6) is 0 Å². The van der Waals surface area contributed by atoms with E-state index in [0.717, 1.165) is 13.1 Å². The van der Waals surface area contributed by atoms with E-state index in [9.17, 15) is 22.4 Å². The lowest BCUT2D eigenvalue weighted by Crippen LogP contribution is -2.47. The molecule has 9 heteroatoms. The van der Waals surface area contributed by atoms with Crippen LogP contribution < -0.4 is 5.32 Å². The molecule has 0 bridgehead atoms. The lowest BCUT2D eigenvalue weighted by atomic mass is 9.98. The first-order valence-electron chi connectivity index (χ1n) is 11.8. The SMILES string of the molecule is CC(CC(C)(C)F)NC(c1ccc2c(c1)oc1ccc(C(=O)N3CCN(C)CC3)cc12)C(F)(F)F. The summed E-state index contributed by atoms with van der Waals surface area (Å²) in [7, 11) is 2.01. The molecule has 3 aromatic rings. The zero-order valence-electron chi connectivity index (χ0n) is 20.4. The van der Waals surface area contributed by atoms with E-state index in [0.29, 0.717) is 40.6 Å². The number of alkyl halides is 4. The van der Waals surface area contributed by atoms with Crippen molar-refractivity contribution in [3.8, 4) is 0 Å². The Balaban J connectivity index is 1.64. The maximum absolute atomic E-state index is 14.0. The minimum atomic E-state index is -4.57. The number of benzene rings is 2. The highest BCUT2D eigenvalue weighted by atomic mass is 19.4. The Morgan fingerprint density at radius 1 is 1.00 bits per heavy atom. The van der Waals surface area contributed by atoms with Crippen LogP contribution in [0.3, 0.4) is 0 Å². The second-order valence-corrected chi connectivity index (χ2v) is 10.1. The molecule has 1 fully saturated rings. The number of nitrogens with one attached hydrogen (secondary N) is 1. The molecular weight excluding hydrogens is 462 g/mol. The van der Waals surface area contributed by atoms with Gasteiger partial charge in [0.25, 0.3) is 5.91 Å². The number of piperazine rings is 1. The predicted octanol–water partition coefficient (Wildman–Crippen LogP) is 5.69. The smallest absolute Gasteiger partial charge is 0.407 e. The van der Waals surface area contributed by atoms with Crippen molar-refractivity contribution in [2.75, 3.05) is 33.2 Å². The van der Waals surface area contributed by atoms with Crippen LogP contribution >= 0.6 is 0 Å². The van der Waals surface area contributed by atoms with Crippen LogP contribution in [0.15, 0.2) is 40.8 Å². The molecule has 4 rings (SSSR count). The molecule has 190 valence electrons. The summed E-state index contributed by atoms with van der Waals surface area (Å²) in [6.45, 7) is 7.13. The first-order chi connectivity index (χ1) is 16.3. The number of likely N-dealkylation sites (N-methyl/N-ethyl adjacent to an activating group) is 1. The van der Waals surface area contributed by atoms with Gasteiger partial charge in [-0.25, -0.2) is 4.39 Å². The Kier molecular flexibility index (Phi) is 6.85. The molecule has 0 saturated carbocycles. The van der Waals surface area contributed by atoms with Crippen LogP contribution in [0.4, 0.5) is 17.6 Å². The maximum Gasteiger partial charge on any atom is 0.407 e. The van der Waals surface area contributed by atoms with Crippen LogP contribution in [0.2, 0.25) is 0 Å². The number of hydrogen-bond acceptors (Lipinski definition) is 4. The van der Waals surface area contributed by atoms with Crippen molar-refractivity contribution in [1.82, 2.24) is 15.1 Å². The van der Waals surface area contributed by atoms with E-state index in [1.54, 1.807) is 36.1 Å². The molecule has 2 heterocycles. The molecule has 2 aromatic carbocycles. The topological polar surface area (TPSA) is 48.7 Å². The van der Waals surface area contributed by atoms with E-state index in [4.69, 9.17) is 4.42 Å². The molecular formula is C26H31F4N3O2. The number of nitrogens with zero attached hydrogens (tertiary/aromatic N) is 2. The quantitative estimate of drug-likeness (QED) is 0.448. The Labute approximate surface area is 202 Å². The highest BCUT2D eigenvalue weighted by Crippen LogP contribution is 2.37. The van der Waals surface area contributed by atoms with E-state index in [-0.39, 0.29) is 17.9 Å². The number of carbonyl (C=O) groups excluding carboxylic acids is 1. The molecule has 2 atom stereocenters. The molecule has 1 N–H and O–H groups in total. The van der Waals surface area contributed by atoms with Gasteiger partial charge in [0.05, 0.1) is 0 Å². The Morgan fingerprint density at radius 2 is 1.69 bits per heavy atom. The summed E-state index contributed by atoms with van der Waals surface area (Å²) >= 11 is 0. The summed E-state index contributed by atoms with van der Waals surface area (Å²) < 4.78 is 61.6. The highest BCUT2D eigenvalue weighted by Gasteiger charge is 2.42. The summed E-state index contributed by atoms with van der Waals surface area (Å²) in [6.07, 6.45) is -4.63. The summed E-state index contributed by atoms with van der Waals surface area (Å²) in [4.78, 5) is 16.9. The molecule has 35 heavy (non-hydrogen) atoms. The molecule has 1 amide bonds. The van der Waals surface area contributed by atoms with Crippen LogP contribution in [-0.2, 0) is 0 Å². The van der Waals surface area contributed by atoms with Gasteiger partial charge in [0.2, 0.25) is 0 Å². The summed E-state index contributed by atoms with van der Waals surface area (Å²) in [5.41, 5.74) is -0.287. The van der Waals surface area contributed by atoms with Crippen molar-refractivity contribution in [3.05, 3.63) is 47.5 Å². The predicted molar refractivity (Wildman–Crippen MR) is 128 cm³/mol. The third-order valence-corrected chi connectivity index (χ3v) is 6.44. The van der Waals surface area contributed by atoms with Crippen LogP contribution in [0, 0.1) is 0 Å². The van der Waals surface area contributed by atoms with Gasteiger partial charge in [-0.05, 0) is 64.1 Å². The van der Waals surface area contributed by atoms with E-state index >= 15 is 0 Å². The number of hydrogen-bond donors (Lipinski definition) is 1. The number of furan rings is 1.